The maximum Gasteiger partial charge on any atom is 0.408 e. The van der Waals surface area contributed by atoms with E-state index < -0.39 is 58.1 Å². The summed E-state index contributed by atoms with van der Waals surface area (Å²) in [5.74, 6) is -3.76. The van der Waals surface area contributed by atoms with E-state index in [1.807, 2.05) is 0 Å². The van der Waals surface area contributed by atoms with Gasteiger partial charge in [-0.1, -0.05) is 0 Å². The van der Waals surface area contributed by atoms with Gasteiger partial charge in [-0.2, -0.15) is 0 Å². The Hall–Kier alpha value is -2.12. The van der Waals surface area contributed by atoms with Crippen molar-refractivity contribution in [2.75, 3.05) is 0 Å². The molecule has 2 aliphatic carbocycles. The molecule has 1 amide bonds. The number of alkyl carbamates (subject to hydrolysis) is 1. The number of carbonyl (C=O) groups is 4. The first-order valence-corrected chi connectivity index (χ1v) is 9.86. The summed E-state index contributed by atoms with van der Waals surface area (Å²) in [4.78, 5) is 50.9. The smallest absolute Gasteiger partial charge is 0.408 e. The number of carbonyl (C=O) groups excluding carboxylic acids is 4. The van der Waals surface area contributed by atoms with Crippen molar-refractivity contribution in [1.82, 2.24) is 5.32 Å². The van der Waals surface area contributed by atoms with Gasteiger partial charge in [0.25, 0.3) is 0 Å². The summed E-state index contributed by atoms with van der Waals surface area (Å²) in [5.41, 5.74) is -4.02. The van der Waals surface area contributed by atoms with Gasteiger partial charge in [0, 0.05) is 18.3 Å². The first-order valence-electron chi connectivity index (χ1n) is 9.86. The normalized spacial score (nSPS) is 29.0. The van der Waals surface area contributed by atoms with Crippen molar-refractivity contribution in [1.29, 1.82) is 0 Å². The van der Waals surface area contributed by atoms with Crippen molar-refractivity contribution < 1.29 is 33.4 Å². The third-order valence-electron chi connectivity index (χ3n) is 4.58. The van der Waals surface area contributed by atoms with E-state index in [4.69, 9.17) is 14.2 Å². The van der Waals surface area contributed by atoms with Crippen LogP contribution >= 0.6 is 0 Å². The van der Waals surface area contributed by atoms with Crippen molar-refractivity contribution in [2.24, 2.45) is 17.8 Å². The predicted octanol–water partition coefficient (Wildman–Crippen LogP) is 2.77. The lowest BCUT2D eigenvalue weighted by Crippen LogP contribution is -2.59. The second-order valence-corrected chi connectivity index (χ2v) is 10.9. The summed E-state index contributed by atoms with van der Waals surface area (Å²) >= 11 is 0. The minimum atomic E-state index is -1.65. The van der Waals surface area contributed by atoms with Gasteiger partial charge < -0.3 is 19.5 Å². The highest BCUT2D eigenvalue weighted by molar-refractivity contribution is 6.04. The maximum atomic E-state index is 13.1. The number of hydrogen-bond donors (Lipinski definition) is 1. The fourth-order valence-electron chi connectivity index (χ4n) is 3.74. The van der Waals surface area contributed by atoms with E-state index in [0.717, 1.165) is 0 Å². The Labute approximate surface area is 172 Å². The molecule has 4 atom stereocenters. The van der Waals surface area contributed by atoms with Gasteiger partial charge in [0.05, 0.1) is 5.92 Å². The second kappa shape index (κ2) is 6.99. The van der Waals surface area contributed by atoms with Crippen molar-refractivity contribution >= 4 is 23.8 Å². The zero-order valence-corrected chi connectivity index (χ0v) is 18.8. The number of amides is 1. The summed E-state index contributed by atoms with van der Waals surface area (Å²) < 4.78 is 16.2. The monoisotopic (exact) mass is 411 g/mol. The Balaban J connectivity index is 2.35. The van der Waals surface area contributed by atoms with Crippen LogP contribution in [0.2, 0.25) is 0 Å². The molecule has 0 saturated heterocycles. The average molecular weight is 411 g/mol. The molecule has 29 heavy (non-hydrogen) atoms. The fraction of sp³-hybridized carbons (Fsp3) is 0.810. The molecule has 2 aliphatic rings. The topological polar surface area (TPSA) is 108 Å². The molecular formula is C21H33NO7. The van der Waals surface area contributed by atoms with Crippen LogP contribution in [0.4, 0.5) is 4.79 Å². The highest BCUT2D eigenvalue weighted by Gasteiger charge is 2.77. The van der Waals surface area contributed by atoms with Crippen LogP contribution in [-0.2, 0) is 28.6 Å². The van der Waals surface area contributed by atoms with Gasteiger partial charge in [-0.15, -0.1) is 0 Å². The molecule has 0 radical (unpaired) electrons. The van der Waals surface area contributed by atoms with Gasteiger partial charge in [-0.3, -0.25) is 9.59 Å². The van der Waals surface area contributed by atoms with Crippen molar-refractivity contribution in [3.8, 4) is 0 Å². The van der Waals surface area contributed by atoms with Gasteiger partial charge in [0.1, 0.15) is 22.6 Å². The van der Waals surface area contributed by atoms with E-state index >= 15 is 0 Å². The molecule has 0 aromatic rings. The molecule has 0 aromatic carbocycles. The van der Waals surface area contributed by atoms with Gasteiger partial charge in [-0.25, -0.2) is 9.59 Å². The number of fused-ring (bicyclic) bond motifs is 1. The quantitative estimate of drug-likeness (QED) is 0.562. The van der Waals surface area contributed by atoms with E-state index in [1.165, 1.54) is 0 Å². The third-order valence-corrected chi connectivity index (χ3v) is 4.58. The van der Waals surface area contributed by atoms with Crippen LogP contribution in [0.3, 0.4) is 0 Å². The SMILES string of the molecule is CC(C)(C)OC(=O)NC1(C(=O)OC(C)(C)C)CC(=O)[C@H]2[C@H](C(=O)OC(C)(C)C)[C@H]21. The molecule has 8 nitrogen and oxygen atoms in total. The summed E-state index contributed by atoms with van der Waals surface area (Å²) in [5, 5.41) is 2.58. The Morgan fingerprint density at radius 2 is 1.34 bits per heavy atom. The standard InChI is InChI=1S/C21H33NO7/c1-18(2,3)27-15(24)13-12-11(23)10-21(14(12)13,16(25)28-19(4,5)6)22-17(26)29-20(7,8)9/h12-14H,10H2,1-9H3,(H,22,26)/t12-,13-,14-,21?/m0/s1. The fourth-order valence-corrected chi connectivity index (χ4v) is 3.74. The molecule has 0 aliphatic heterocycles. The molecule has 164 valence electrons. The number of ketones is 1. The number of ether oxygens (including phenoxy) is 3. The van der Waals surface area contributed by atoms with Crippen LogP contribution in [0.25, 0.3) is 0 Å². The lowest BCUT2D eigenvalue weighted by molar-refractivity contribution is -0.166. The molecule has 8 heteroatoms. The van der Waals surface area contributed by atoms with Crippen LogP contribution in [0, 0.1) is 17.8 Å². The van der Waals surface area contributed by atoms with Gasteiger partial charge in [0.15, 0.2) is 5.54 Å². The molecule has 2 rings (SSSR count). The summed E-state index contributed by atoms with van der Waals surface area (Å²) in [7, 11) is 0. The van der Waals surface area contributed by atoms with Crippen molar-refractivity contribution in [3.05, 3.63) is 0 Å². The largest absolute Gasteiger partial charge is 0.460 e. The number of hydrogen-bond acceptors (Lipinski definition) is 7. The Morgan fingerprint density at radius 1 is 0.862 bits per heavy atom. The lowest BCUT2D eigenvalue weighted by atomic mass is 9.89. The minimum absolute atomic E-state index is 0.240. The Kier molecular flexibility index (Phi) is 5.58. The van der Waals surface area contributed by atoms with Crippen molar-refractivity contribution in [2.45, 2.75) is 91.1 Å². The minimum Gasteiger partial charge on any atom is -0.460 e. The molecule has 2 fully saturated rings. The summed E-state index contributed by atoms with van der Waals surface area (Å²) in [6, 6.07) is 0. The molecular weight excluding hydrogens is 378 g/mol. The zero-order valence-electron chi connectivity index (χ0n) is 18.8. The van der Waals surface area contributed by atoms with Crippen LogP contribution < -0.4 is 5.32 Å². The van der Waals surface area contributed by atoms with Gasteiger partial charge in [-0.05, 0) is 62.3 Å². The molecule has 1 N–H and O–H groups in total. The molecule has 2 saturated carbocycles. The lowest BCUT2D eigenvalue weighted by Gasteiger charge is -2.34. The molecule has 0 spiro atoms. The van der Waals surface area contributed by atoms with E-state index in [2.05, 4.69) is 5.32 Å². The second-order valence-electron chi connectivity index (χ2n) is 10.9. The highest BCUT2D eigenvalue weighted by Crippen LogP contribution is 2.61. The van der Waals surface area contributed by atoms with E-state index in [-0.39, 0.29) is 12.2 Å². The maximum absolute atomic E-state index is 13.1. The Morgan fingerprint density at radius 3 is 1.79 bits per heavy atom. The van der Waals surface area contributed by atoms with Crippen molar-refractivity contribution in [3.63, 3.8) is 0 Å². The number of esters is 2. The molecule has 0 bridgehead atoms. The van der Waals surface area contributed by atoms with E-state index in [1.54, 1.807) is 62.3 Å². The van der Waals surface area contributed by atoms with Crippen LogP contribution in [-0.4, -0.2) is 46.2 Å². The Bertz CT molecular complexity index is 723. The van der Waals surface area contributed by atoms with E-state index in [0.29, 0.717) is 0 Å². The van der Waals surface area contributed by atoms with Crippen LogP contribution in [0.1, 0.15) is 68.7 Å². The number of Topliss-reactive ketones (excluding diaryl/α,β-unsaturated/α-hetero) is 1. The molecule has 0 heterocycles. The van der Waals surface area contributed by atoms with E-state index in [9.17, 15) is 19.2 Å². The first kappa shape index (κ1) is 23.2. The summed E-state index contributed by atoms with van der Waals surface area (Å²) in [6.07, 6.45) is -1.08. The molecule has 0 aromatic heterocycles. The van der Waals surface area contributed by atoms with Crippen LogP contribution in [0.5, 0.6) is 0 Å². The van der Waals surface area contributed by atoms with Crippen LogP contribution in [0.15, 0.2) is 0 Å². The third kappa shape index (κ3) is 5.28. The predicted molar refractivity (Wildman–Crippen MR) is 104 cm³/mol. The summed E-state index contributed by atoms with van der Waals surface area (Å²) in [6.45, 7) is 15.3. The first-order chi connectivity index (χ1) is 12.9. The van der Waals surface area contributed by atoms with Gasteiger partial charge in [0.2, 0.25) is 0 Å². The van der Waals surface area contributed by atoms with Gasteiger partial charge >= 0.3 is 18.0 Å². The zero-order chi connectivity index (χ0) is 22.6. The number of rotatable bonds is 3. The molecule has 1 unspecified atom stereocenters. The highest BCUT2D eigenvalue weighted by atomic mass is 16.6. The average Bonchev–Trinajstić information content (AvgIpc) is 3.10. The number of nitrogens with one attached hydrogen (secondary N) is 1.